The molecule has 138 valence electrons. The first kappa shape index (κ1) is 17.4. The van der Waals surface area contributed by atoms with Gasteiger partial charge in [-0.3, -0.25) is 0 Å². The van der Waals surface area contributed by atoms with Crippen molar-refractivity contribution in [1.29, 1.82) is 0 Å². The number of nitrogen functional groups attached to an aromatic ring is 2. The fourth-order valence-electron chi connectivity index (χ4n) is 2.98. The van der Waals surface area contributed by atoms with Crippen LogP contribution >= 0.6 is 0 Å². The molecule has 4 rings (SSSR count). The summed E-state index contributed by atoms with van der Waals surface area (Å²) < 4.78 is 0. The van der Waals surface area contributed by atoms with Gasteiger partial charge in [-0.2, -0.15) is 0 Å². The van der Waals surface area contributed by atoms with E-state index in [0.717, 1.165) is 16.7 Å². The molecule has 0 spiro atoms. The summed E-state index contributed by atoms with van der Waals surface area (Å²) >= 11 is 0. The van der Waals surface area contributed by atoms with Gasteiger partial charge in [-0.1, -0.05) is 30.3 Å². The number of benzene rings is 3. The van der Waals surface area contributed by atoms with Crippen molar-refractivity contribution in [3.8, 4) is 45.1 Å². The van der Waals surface area contributed by atoms with Crippen molar-refractivity contribution in [2.24, 2.45) is 0 Å². The van der Waals surface area contributed by atoms with Gasteiger partial charge < -0.3 is 21.7 Å². The van der Waals surface area contributed by atoms with Crippen molar-refractivity contribution in [3.63, 3.8) is 0 Å². The van der Waals surface area contributed by atoms with E-state index in [1.807, 2.05) is 18.2 Å². The van der Waals surface area contributed by atoms with Crippen LogP contribution < -0.4 is 11.5 Å². The molecule has 0 unspecified atom stereocenters. The average Bonchev–Trinajstić information content (AvgIpc) is 2.69. The lowest BCUT2D eigenvalue weighted by Crippen LogP contribution is -1.99. The third-order valence-electron chi connectivity index (χ3n) is 4.42. The average molecular weight is 370 g/mol. The SMILES string of the molecule is Nc1ccc(-c2cc(-c3cc(-c4ccc(O)cc4)ccc3O)nc(N)n2)cc1. The number of hydrogen-bond donors (Lipinski definition) is 4. The molecule has 0 atom stereocenters. The number of aromatic nitrogens is 2. The lowest BCUT2D eigenvalue weighted by molar-refractivity contribution is 0.475. The van der Waals surface area contributed by atoms with Crippen LogP contribution in [0.4, 0.5) is 11.6 Å². The standard InChI is InChI=1S/C22H18N4O2/c23-16-6-1-14(2-7-16)19-12-20(26-22(24)25-19)18-11-15(5-10-21(18)28)13-3-8-17(27)9-4-13/h1-12,27-28H,23H2,(H2,24,25,26). The lowest BCUT2D eigenvalue weighted by Gasteiger charge is -2.10. The second kappa shape index (κ2) is 6.92. The van der Waals surface area contributed by atoms with E-state index in [4.69, 9.17) is 11.5 Å². The Bertz CT molecular complexity index is 1140. The molecule has 28 heavy (non-hydrogen) atoms. The highest BCUT2D eigenvalue weighted by Gasteiger charge is 2.12. The van der Waals surface area contributed by atoms with Crippen LogP contribution in [0.5, 0.6) is 11.5 Å². The second-order valence-electron chi connectivity index (χ2n) is 6.40. The van der Waals surface area contributed by atoms with E-state index < -0.39 is 0 Å². The highest BCUT2D eigenvalue weighted by Crippen LogP contribution is 2.34. The number of aromatic hydroxyl groups is 2. The number of anilines is 2. The first-order valence-corrected chi connectivity index (χ1v) is 8.63. The zero-order valence-corrected chi connectivity index (χ0v) is 14.9. The molecule has 0 saturated heterocycles. The van der Waals surface area contributed by atoms with Crippen LogP contribution in [0, 0.1) is 0 Å². The minimum absolute atomic E-state index is 0.0869. The number of phenols is 2. The Morgan fingerprint density at radius 1 is 0.607 bits per heavy atom. The van der Waals surface area contributed by atoms with Crippen molar-refractivity contribution in [3.05, 3.63) is 72.8 Å². The predicted octanol–water partition coefficient (Wildman–Crippen LogP) is 4.05. The quantitative estimate of drug-likeness (QED) is 0.404. The Kier molecular flexibility index (Phi) is 4.29. The minimum atomic E-state index is 0.0869. The molecule has 0 saturated carbocycles. The van der Waals surface area contributed by atoms with Gasteiger partial charge in [-0.15, -0.1) is 0 Å². The largest absolute Gasteiger partial charge is 0.508 e. The lowest BCUT2D eigenvalue weighted by atomic mass is 10.00. The highest BCUT2D eigenvalue weighted by atomic mass is 16.3. The Labute approximate surface area is 161 Å². The summed E-state index contributed by atoms with van der Waals surface area (Å²) in [6.07, 6.45) is 0. The van der Waals surface area contributed by atoms with E-state index in [0.29, 0.717) is 22.6 Å². The van der Waals surface area contributed by atoms with E-state index in [2.05, 4.69) is 9.97 Å². The number of nitrogens with two attached hydrogens (primary N) is 2. The molecule has 0 amide bonds. The second-order valence-corrected chi connectivity index (χ2v) is 6.40. The van der Waals surface area contributed by atoms with E-state index in [1.165, 1.54) is 0 Å². The van der Waals surface area contributed by atoms with E-state index in [1.54, 1.807) is 54.6 Å². The third-order valence-corrected chi connectivity index (χ3v) is 4.42. The molecule has 0 aliphatic rings. The fourth-order valence-corrected chi connectivity index (χ4v) is 2.98. The van der Waals surface area contributed by atoms with Crippen LogP contribution in [0.1, 0.15) is 0 Å². The summed E-state index contributed by atoms with van der Waals surface area (Å²) in [7, 11) is 0. The first-order chi connectivity index (χ1) is 13.5. The molecule has 0 aliphatic heterocycles. The first-order valence-electron chi connectivity index (χ1n) is 8.63. The highest BCUT2D eigenvalue weighted by molar-refractivity contribution is 5.78. The summed E-state index contributed by atoms with van der Waals surface area (Å²) in [6.45, 7) is 0. The molecule has 0 bridgehead atoms. The molecule has 3 aromatic carbocycles. The van der Waals surface area contributed by atoms with Gasteiger partial charge in [0.05, 0.1) is 11.4 Å². The third kappa shape index (κ3) is 3.43. The van der Waals surface area contributed by atoms with Crippen LogP contribution in [0.15, 0.2) is 72.8 Å². The van der Waals surface area contributed by atoms with Crippen LogP contribution in [-0.4, -0.2) is 20.2 Å². The Balaban J connectivity index is 1.81. The van der Waals surface area contributed by atoms with Crippen molar-refractivity contribution in [2.45, 2.75) is 0 Å². The summed E-state index contributed by atoms with van der Waals surface area (Å²) in [5, 5.41) is 19.9. The summed E-state index contributed by atoms with van der Waals surface area (Å²) in [5.41, 5.74) is 16.6. The predicted molar refractivity (Wildman–Crippen MR) is 110 cm³/mol. The van der Waals surface area contributed by atoms with Crippen LogP contribution in [-0.2, 0) is 0 Å². The zero-order valence-electron chi connectivity index (χ0n) is 14.9. The number of nitrogens with zero attached hydrogens (tertiary/aromatic N) is 2. The molecular weight excluding hydrogens is 352 g/mol. The van der Waals surface area contributed by atoms with Crippen molar-refractivity contribution >= 4 is 11.6 Å². The molecule has 0 radical (unpaired) electrons. The van der Waals surface area contributed by atoms with Gasteiger partial charge in [-0.25, -0.2) is 9.97 Å². The number of rotatable bonds is 3. The fraction of sp³-hybridized carbons (Fsp3) is 0. The molecule has 1 aromatic heterocycles. The van der Waals surface area contributed by atoms with Gasteiger partial charge in [0.1, 0.15) is 11.5 Å². The van der Waals surface area contributed by atoms with Gasteiger partial charge in [0.25, 0.3) is 0 Å². The van der Waals surface area contributed by atoms with Crippen LogP contribution in [0.3, 0.4) is 0 Å². The monoisotopic (exact) mass is 370 g/mol. The summed E-state index contributed by atoms with van der Waals surface area (Å²) in [5.74, 6) is 0.391. The molecule has 4 aromatic rings. The number of phenolic OH excluding ortho intramolecular Hbond substituents is 2. The van der Waals surface area contributed by atoms with Crippen LogP contribution in [0.2, 0.25) is 0 Å². The Morgan fingerprint density at radius 3 is 1.93 bits per heavy atom. The van der Waals surface area contributed by atoms with Gasteiger partial charge in [0.2, 0.25) is 5.95 Å². The summed E-state index contributed by atoms with van der Waals surface area (Å²) in [4.78, 5) is 8.59. The zero-order chi connectivity index (χ0) is 19.7. The van der Waals surface area contributed by atoms with Gasteiger partial charge in [0, 0.05) is 16.8 Å². The molecule has 6 N–H and O–H groups in total. The van der Waals surface area contributed by atoms with Crippen LogP contribution in [0.25, 0.3) is 33.6 Å². The maximum absolute atomic E-state index is 10.4. The normalized spacial score (nSPS) is 10.7. The smallest absolute Gasteiger partial charge is 0.221 e. The summed E-state index contributed by atoms with van der Waals surface area (Å²) in [6, 6.07) is 21.1. The molecule has 6 heteroatoms. The van der Waals surface area contributed by atoms with E-state index >= 15 is 0 Å². The molecular formula is C22H18N4O2. The van der Waals surface area contributed by atoms with Crippen molar-refractivity contribution < 1.29 is 10.2 Å². The van der Waals surface area contributed by atoms with Gasteiger partial charge >= 0.3 is 0 Å². The molecule has 0 aliphatic carbocycles. The van der Waals surface area contributed by atoms with Crippen molar-refractivity contribution in [2.75, 3.05) is 11.5 Å². The Hall–Kier alpha value is -4.06. The Morgan fingerprint density at radius 2 is 1.21 bits per heavy atom. The molecule has 6 nitrogen and oxygen atoms in total. The van der Waals surface area contributed by atoms with Crippen molar-refractivity contribution in [1.82, 2.24) is 9.97 Å². The number of hydrogen-bond acceptors (Lipinski definition) is 6. The molecule has 1 heterocycles. The van der Waals surface area contributed by atoms with E-state index in [-0.39, 0.29) is 17.4 Å². The molecule has 0 fully saturated rings. The minimum Gasteiger partial charge on any atom is -0.508 e. The maximum atomic E-state index is 10.4. The van der Waals surface area contributed by atoms with Gasteiger partial charge in [0.15, 0.2) is 0 Å². The van der Waals surface area contributed by atoms with Gasteiger partial charge in [-0.05, 0) is 53.6 Å². The topological polar surface area (TPSA) is 118 Å². The van der Waals surface area contributed by atoms with E-state index in [9.17, 15) is 10.2 Å². The maximum Gasteiger partial charge on any atom is 0.221 e.